The third-order valence-electron chi connectivity index (χ3n) is 3.91. The number of amides is 1. The number of rotatable bonds is 9. The van der Waals surface area contributed by atoms with Gasteiger partial charge in [0, 0.05) is 25.7 Å². The first kappa shape index (κ1) is 19.9. The molecule has 0 aliphatic carbocycles. The third kappa shape index (κ3) is 5.06. The summed E-state index contributed by atoms with van der Waals surface area (Å²) in [5.74, 6) is -0.219. The third-order valence-corrected chi connectivity index (χ3v) is 5.71. The van der Waals surface area contributed by atoms with Gasteiger partial charge in [-0.05, 0) is 49.4 Å². The summed E-state index contributed by atoms with van der Waals surface area (Å²) in [5.41, 5.74) is 1.01. The van der Waals surface area contributed by atoms with E-state index in [4.69, 9.17) is 0 Å². The molecule has 0 aliphatic rings. The van der Waals surface area contributed by atoms with Crippen LogP contribution in [0.4, 0.5) is 5.69 Å². The number of para-hydroxylation sites is 1. The van der Waals surface area contributed by atoms with E-state index >= 15 is 0 Å². The predicted molar refractivity (Wildman–Crippen MR) is 104 cm³/mol. The van der Waals surface area contributed by atoms with Gasteiger partial charge in [-0.3, -0.25) is 9.10 Å². The Bertz CT molecular complexity index is 806. The zero-order chi connectivity index (χ0) is 19.0. The van der Waals surface area contributed by atoms with E-state index < -0.39 is 10.0 Å². The van der Waals surface area contributed by atoms with Gasteiger partial charge in [0.15, 0.2) is 0 Å². The summed E-state index contributed by atoms with van der Waals surface area (Å²) >= 11 is 0. The first-order chi connectivity index (χ1) is 12.5. The van der Waals surface area contributed by atoms with Gasteiger partial charge in [0.1, 0.15) is 0 Å². The van der Waals surface area contributed by atoms with Gasteiger partial charge in [-0.25, -0.2) is 8.42 Å². The van der Waals surface area contributed by atoms with Crippen LogP contribution in [0.1, 0.15) is 23.7 Å². The molecule has 1 amide bonds. The van der Waals surface area contributed by atoms with Crippen LogP contribution in [0.2, 0.25) is 0 Å². The summed E-state index contributed by atoms with van der Waals surface area (Å²) in [5, 5.41) is 6.00. The Labute approximate surface area is 155 Å². The van der Waals surface area contributed by atoms with Crippen LogP contribution in [-0.4, -0.2) is 41.0 Å². The van der Waals surface area contributed by atoms with E-state index in [1.54, 1.807) is 24.3 Å². The Hall–Kier alpha value is -2.38. The molecule has 0 aliphatic heterocycles. The molecule has 0 unspecified atom stereocenters. The minimum absolute atomic E-state index is 0.144. The lowest BCUT2D eigenvalue weighted by molar-refractivity contribution is 0.0954. The molecule has 0 aromatic heterocycles. The first-order valence-electron chi connectivity index (χ1n) is 8.59. The molecule has 2 rings (SSSR count). The van der Waals surface area contributed by atoms with E-state index in [-0.39, 0.29) is 10.8 Å². The molecule has 2 aromatic rings. The number of nitrogens with one attached hydrogen (secondary N) is 2. The average molecular weight is 375 g/mol. The van der Waals surface area contributed by atoms with Gasteiger partial charge in [0.25, 0.3) is 15.9 Å². The summed E-state index contributed by atoms with van der Waals surface area (Å²) < 4.78 is 26.6. The van der Waals surface area contributed by atoms with Gasteiger partial charge in [-0.1, -0.05) is 25.1 Å². The van der Waals surface area contributed by atoms with Crippen molar-refractivity contribution in [1.29, 1.82) is 0 Å². The van der Waals surface area contributed by atoms with Gasteiger partial charge in [0.2, 0.25) is 0 Å². The molecular formula is C19H25N3O3S. The van der Waals surface area contributed by atoms with Gasteiger partial charge in [-0.15, -0.1) is 0 Å². The number of hydrogen-bond acceptors (Lipinski definition) is 4. The SMILES string of the molecule is CCCNCCNC(=O)c1ccc(S(=O)(=O)N(C)c2ccccc2)cc1. The number of carbonyl (C=O) groups is 1. The van der Waals surface area contributed by atoms with Crippen molar-refractivity contribution >= 4 is 21.6 Å². The number of carbonyl (C=O) groups excluding carboxylic acids is 1. The van der Waals surface area contributed by atoms with Gasteiger partial charge < -0.3 is 10.6 Å². The minimum Gasteiger partial charge on any atom is -0.351 e. The molecule has 0 atom stereocenters. The Balaban J connectivity index is 2.03. The summed E-state index contributed by atoms with van der Waals surface area (Å²) in [7, 11) is -2.16. The molecule has 0 fully saturated rings. The molecule has 2 N–H and O–H groups in total. The van der Waals surface area contributed by atoms with E-state index in [1.807, 2.05) is 6.07 Å². The molecule has 7 heteroatoms. The second-order valence-corrected chi connectivity index (χ2v) is 7.81. The summed E-state index contributed by atoms with van der Waals surface area (Å²) in [4.78, 5) is 12.2. The lowest BCUT2D eigenvalue weighted by Crippen LogP contribution is -2.32. The maximum Gasteiger partial charge on any atom is 0.264 e. The van der Waals surface area contributed by atoms with Crippen molar-refractivity contribution in [2.24, 2.45) is 0 Å². The van der Waals surface area contributed by atoms with E-state index in [0.717, 1.165) is 13.0 Å². The maximum atomic E-state index is 12.7. The molecular weight excluding hydrogens is 350 g/mol. The molecule has 2 aromatic carbocycles. The van der Waals surface area contributed by atoms with Gasteiger partial charge >= 0.3 is 0 Å². The van der Waals surface area contributed by atoms with Crippen molar-refractivity contribution in [3.63, 3.8) is 0 Å². The molecule has 0 bridgehead atoms. The quantitative estimate of drug-likeness (QED) is 0.659. The van der Waals surface area contributed by atoms with Crippen molar-refractivity contribution in [1.82, 2.24) is 10.6 Å². The fraction of sp³-hybridized carbons (Fsp3) is 0.316. The smallest absolute Gasteiger partial charge is 0.264 e. The van der Waals surface area contributed by atoms with Crippen LogP contribution in [0.3, 0.4) is 0 Å². The van der Waals surface area contributed by atoms with Gasteiger partial charge in [-0.2, -0.15) is 0 Å². The zero-order valence-electron chi connectivity index (χ0n) is 15.1. The number of sulfonamides is 1. The van der Waals surface area contributed by atoms with Crippen LogP contribution in [0, 0.1) is 0 Å². The standard InChI is InChI=1S/C19H25N3O3S/c1-3-13-20-14-15-21-19(23)16-9-11-18(12-10-16)26(24,25)22(2)17-7-5-4-6-8-17/h4-12,20H,3,13-15H2,1-2H3,(H,21,23). The van der Waals surface area contributed by atoms with E-state index in [0.29, 0.717) is 24.3 Å². The first-order valence-corrected chi connectivity index (χ1v) is 10.0. The van der Waals surface area contributed by atoms with Crippen LogP contribution < -0.4 is 14.9 Å². The number of benzene rings is 2. The molecule has 6 nitrogen and oxygen atoms in total. The monoisotopic (exact) mass is 375 g/mol. The highest BCUT2D eigenvalue weighted by atomic mass is 32.2. The minimum atomic E-state index is -3.67. The largest absolute Gasteiger partial charge is 0.351 e. The van der Waals surface area contributed by atoms with Crippen LogP contribution in [0.15, 0.2) is 59.5 Å². The van der Waals surface area contributed by atoms with Crippen LogP contribution >= 0.6 is 0 Å². The highest BCUT2D eigenvalue weighted by Gasteiger charge is 2.21. The van der Waals surface area contributed by atoms with Crippen LogP contribution in [0.25, 0.3) is 0 Å². The molecule has 26 heavy (non-hydrogen) atoms. The van der Waals surface area contributed by atoms with Crippen molar-refractivity contribution in [2.75, 3.05) is 31.0 Å². The number of nitrogens with zero attached hydrogens (tertiary/aromatic N) is 1. The Morgan fingerprint density at radius 3 is 2.23 bits per heavy atom. The van der Waals surface area contributed by atoms with Crippen molar-refractivity contribution < 1.29 is 13.2 Å². The van der Waals surface area contributed by atoms with E-state index in [2.05, 4.69) is 17.6 Å². The zero-order valence-corrected chi connectivity index (χ0v) is 15.9. The lowest BCUT2D eigenvalue weighted by atomic mass is 10.2. The molecule has 0 heterocycles. The average Bonchev–Trinajstić information content (AvgIpc) is 2.67. The van der Waals surface area contributed by atoms with Crippen molar-refractivity contribution in [3.05, 3.63) is 60.2 Å². The van der Waals surface area contributed by atoms with E-state index in [9.17, 15) is 13.2 Å². The Kier molecular flexibility index (Phi) is 7.17. The lowest BCUT2D eigenvalue weighted by Gasteiger charge is -2.19. The fourth-order valence-electron chi connectivity index (χ4n) is 2.38. The number of hydrogen-bond donors (Lipinski definition) is 2. The Morgan fingerprint density at radius 1 is 0.962 bits per heavy atom. The molecule has 0 saturated carbocycles. The normalized spacial score (nSPS) is 11.2. The van der Waals surface area contributed by atoms with E-state index in [1.165, 1.54) is 35.6 Å². The predicted octanol–water partition coefficient (Wildman–Crippen LogP) is 2.24. The molecule has 0 saturated heterocycles. The molecule has 140 valence electrons. The summed E-state index contributed by atoms with van der Waals surface area (Å²) in [6.07, 6.45) is 1.04. The second-order valence-electron chi connectivity index (χ2n) is 5.84. The highest BCUT2D eigenvalue weighted by Crippen LogP contribution is 2.21. The van der Waals surface area contributed by atoms with Crippen LogP contribution in [-0.2, 0) is 10.0 Å². The van der Waals surface area contributed by atoms with Gasteiger partial charge in [0.05, 0.1) is 10.6 Å². The topological polar surface area (TPSA) is 78.5 Å². The van der Waals surface area contributed by atoms with Crippen molar-refractivity contribution in [3.8, 4) is 0 Å². The Morgan fingerprint density at radius 2 is 1.62 bits per heavy atom. The van der Waals surface area contributed by atoms with Crippen molar-refractivity contribution in [2.45, 2.75) is 18.2 Å². The molecule has 0 spiro atoms. The molecule has 0 radical (unpaired) electrons. The fourth-order valence-corrected chi connectivity index (χ4v) is 3.58. The second kappa shape index (κ2) is 9.35. The van der Waals surface area contributed by atoms with Crippen LogP contribution in [0.5, 0.6) is 0 Å². The summed E-state index contributed by atoms with van der Waals surface area (Å²) in [6.45, 7) is 4.22. The number of anilines is 1. The summed E-state index contributed by atoms with van der Waals surface area (Å²) in [6, 6.07) is 14.8. The maximum absolute atomic E-state index is 12.7. The highest BCUT2D eigenvalue weighted by molar-refractivity contribution is 7.92.